The molecule has 0 spiro atoms. The minimum atomic E-state index is -3.97. The Morgan fingerprint density at radius 2 is 1.76 bits per heavy atom. The maximum atomic E-state index is 12.8. The van der Waals surface area contributed by atoms with E-state index in [0.29, 0.717) is 11.6 Å². The third kappa shape index (κ3) is 5.18. The van der Waals surface area contributed by atoms with E-state index in [4.69, 9.17) is 14.0 Å². The topological polar surface area (TPSA) is 121 Å². The molecule has 4 aromatic rings. The first-order valence-electron chi connectivity index (χ1n) is 9.77. The number of nitrogens with one attached hydrogen (secondary N) is 1. The van der Waals surface area contributed by atoms with E-state index in [1.165, 1.54) is 31.4 Å². The summed E-state index contributed by atoms with van der Waals surface area (Å²) >= 11 is 0. The van der Waals surface area contributed by atoms with E-state index in [1.54, 1.807) is 24.3 Å². The molecule has 0 aliphatic rings. The molecule has 0 radical (unpaired) electrons. The standard InChI is InChI=1S/C23H19N3O6S/c1-30-20-13-6-5-12-19(20)26-33(28,29)18-11-7-10-17(14-18)23(27)31-15-21-24-22(25-32-21)16-8-3-2-4-9-16/h2-14,26H,15H2,1H3. The highest BCUT2D eigenvalue weighted by atomic mass is 32.2. The molecular weight excluding hydrogens is 446 g/mol. The number of carbonyl (C=O) groups is 1. The maximum Gasteiger partial charge on any atom is 0.338 e. The van der Waals surface area contributed by atoms with Gasteiger partial charge in [-0.2, -0.15) is 4.98 Å². The number of carbonyl (C=O) groups excluding carboxylic acids is 1. The van der Waals surface area contributed by atoms with Crippen molar-refractivity contribution in [1.82, 2.24) is 10.1 Å². The van der Waals surface area contributed by atoms with Crippen molar-refractivity contribution in [2.45, 2.75) is 11.5 Å². The largest absolute Gasteiger partial charge is 0.495 e. The number of ether oxygens (including phenoxy) is 2. The number of rotatable bonds is 8. The molecule has 0 fully saturated rings. The number of anilines is 1. The molecule has 33 heavy (non-hydrogen) atoms. The first-order valence-corrected chi connectivity index (χ1v) is 11.3. The van der Waals surface area contributed by atoms with Crippen LogP contribution in [0.25, 0.3) is 11.4 Å². The third-order valence-corrected chi connectivity index (χ3v) is 5.92. The zero-order valence-electron chi connectivity index (χ0n) is 17.5. The molecule has 0 aliphatic carbocycles. The highest BCUT2D eigenvalue weighted by molar-refractivity contribution is 7.92. The Balaban J connectivity index is 1.45. The summed E-state index contributed by atoms with van der Waals surface area (Å²) in [7, 11) is -2.53. The Bertz CT molecular complexity index is 1370. The van der Waals surface area contributed by atoms with Crippen LogP contribution in [0.4, 0.5) is 5.69 Å². The first-order chi connectivity index (χ1) is 16.0. The van der Waals surface area contributed by atoms with Crippen LogP contribution in [-0.2, 0) is 21.4 Å². The van der Waals surface area contributed by atoms with Crippen molar-refractivity contribution in [2.75, 3.05) is 11.8 Å². The van der Waals surface area contributed by atoms with Crippen molar-refractivity contribution in [2.24, 2.45) is 0 Å². The summed E-state index contributed by atoms with van der Waals surface area (Å²) < 4.78 is 43.6. The molecule has 10 heteroatoms. The predicted octanol–water partition coefficient (Wildman–Crippen LogP) is 3.90. The van der Waals surface area contributed by atoms with Gasteiger partial charge in [0.25, 0.3) is 15.9 Å². The van der Waals surface area contributed by atoms with E-state index >= 15 is 0 Å². The molecule has 0 bridgehead atoms. The van der Waals surface area contributed by atoms with E-state index in [-0.39, 0.29) is 28.6 Å². The number of aromatic nitrogens is 2. The predicted molar refractivity (Wildman–Crippen MR) is 119 cm³/mol. The van der Waals surface area contributed by atoms with Gasteiger partial charge in [0.15, 0.2) is 6.61 Å². The van der Waals surface area contributed by atoms with E-state index < -0.39 is 16.0 Å². The number of hydrogen-bond acceptors (Lipinski definition) is 8. The minimum Gasteiger partial charge on any atom is -0.495 e. The zero-order valence-corrected chi connectivity index (χ0v) is 18.3. The van der Waals surface area contributed by atoms with Crippen LogP contribution in [0.15, 0.2) is 88.3 Å². The summed E-state index contributed by atoms with van der Waals surface area (Å²) in [6, 6.07) is 21.3. The van der Waals surface area contributed by atoms with Crippen molar-refractivity contribution in [1.29, 1.82) is 0 Å². The van der Waals surface area contributed by atoms with Crippen molar-refractivity contribution in [3.8, 4) is 17.1 Å². The molecular formula is C23H19N3O6S. The first kappa shape index (κ1) is 22.0. The number of methoxy groups -OCH3 is 1. The number of para-hydroxylation sites is 2. The van der Waals surface area contributed by atoms with Gasteiger partial charge in [-0.3, -0.25) is 4.72 Å². The molecule has 0 unspecified atom stereocenters. The van der Waals surface area contributed by atoms with Gasteiger partial charge in [-0.15, -0.1) is 0 Å². The molecule has 9 nitrogen and oxygen atoms in total. The van der Waals surface area contributed by atoms with Gasteiger partial charge >= 0.3 is 5.97 Å². The van der Waals surface area contributed by atoms with Crippen LogP contribution in [0.3, 0.4) is 0 Å². The molecule has 3 aromatic carbocycles. The second kappa shape index (κ2) is 9.53. The van der Waals surface area contributed by atoms with E-state index in [2.05, 4.69) is 14.9 Å². The minimum absolute atomic E-state index is 0.0562. The van der Waals surface area contributed by atoms with E-state index in [0.717, 1.165) is 5.56 Å². The molecule has 4 rings (SSSR count). The van der Waals surface area contributed by atoms with Crippen LogP contribution in [-0.4, -0.2) is 31.6 Å². The Hall–Kier alpha value is -4.18. The Labute approximate surface area is 190 Å². The van der Waals surface area contributed by atoms with E-state index in [1.807, 2.05) is 30.3 Å². The Kier molecular flexibility index (Phi) is 6.36. The second-order valence-electron chi connectivity index (χ2n) is 6.79. The second-order valence-corrected chi connectivity index (χ2v) is 8.47. The van der Waals surface area contributed by atoms with Gasteiger partial charge in [-0.1, -0.05) is 53.7 Å². The Morgan fingerprint density at radius 1 is 1.00 bits per heavy atom. The normalized spacial score (nSPS) is 11.1. The fraction of sp³-hybridized carbons (Fsp3) is 0.0870. The van der Waals surface area contributed by atoms with Crippen LogP contribution >= 0.6 is 0 Å². The van der Waals surface area contributed by atoms with Gasteiger partial charge < -0.3 is 14.0 Å². The summed E-state index contributed by atoms with van der Waals surface area (Å²) in [4.78, 5) is 16.6. The van der Waals surface area contributed by atoms with Crippen molar-refractivity contribution < 1.29 is 27.2 Å². The average molecular weight is 465 g/mol. The molecule has 0 saturated heterocycles. The van der Waals surface area contributed by atoms with Gasteiger partial charge in [0.05, 0.1) is 23.3 Å². The molecule has 0 aliphatic heterocycles. The molecule has 1 heterocycles. The van der Waals surface area contributed by atoms with Gasteiger partial charge in [0.2, 0.25) is 5.82 Å². The summed E-state index contributed by atoms with van der Waals surface area (Å²) in [5.41, 5.74) is 1.10. The van der Waals surface area contributed by atoms with Gasteiger partial charge in [-0.25, -0.2) is 13.2 Å². The summed E-state index contributed by atoms with van der Waals surface area (Å²) in [6.07, 6.45) is 0. The number of nitrogens with zero attached hydrogens (tertiary/aromatic N) is 2. The smallest absolute Gasteiger partial charge is 0.338 e. The average Bonchev–Trinajstić information content (AvgIpc) is 3.32. The summed E-state index contributed by atoms with van der Waals surface area (Å²) in [5, 5.41) is 3.86. The van der Waals surface area contributed by atoms with Crippen LogP contribution in [0.5, 0.6) is 5.75 Å². The highest BCUT2D eigenvalue weighted by Gasteiger charge is 2.19. The summed E-state index contributed by atoms with van der Waals surface area (Å²) in [5.74, 6) is 0.121. The number of sulfonamides is 1. The number of esters is 1. The number of benzene rings is 3. The molecule has 1 N–H and O–H groups in total. The van der Waals surface area contributed by atoms with Crippen LogP contribution in [0, 0.1) is 0 Å². The molecule has 168 valence electrons. The van der Waals surface area contributed by atoms with E-state index in [9.17, 15) is 13.2 Å². The number of hydrogen-bond donors (Lipinski definition) is 1. The van der Waals surface area contributed by atoms with Crippen LogP contribution in [0.1, 0.15) is 16.2 Å². The van der Waals surface area contributed by atoms with Gasteiger partial charge in [0.1, 0.15) is 5.75 Å². The lowest BCUT2D eigenvalue weighted by atomic mass is 10.2. The lowest BCUT2D eigenvalue weighted by molar-refractivity contribution is 0.0429. The van der Waals surface area contributed by atoms with Crippen molar-refractivity contribution in [3.63, 3.8) is 0 Å². The highest BCUT2D eigenvalue weighted by Crippen LogP contribution is 2.26. The SMILES string of the molecule is COc1ccccc1NS(=O)(=O)c1cccc(C(=O)OCc2nc(-c3ccccc3)no2)c1. The monoisotopic (exact) mass is 465 g/mol. The summed E-state index contributed by atoms with van der Waals surface area (Å²) in [6.45, 7) is -0.255. The molecule has 0 atom stereocenters. The fourth-order valence-corrected chi connectivity index (χ4v) is 4.07. The van der Waals surface area contributed by atoms with Gasteiger partial charge in [-0.05, 0) is 30.3 Å². The zero-order chi connectivity index (χ0) is 23.3. The molecule has 0 saturated carbocycles. The third-order valence-electron chi connectivity index (χ3n) is 4.56. The van der Waals surface area contributed by atoms with Crippen LogP contribution in [0.2, 0.25) is 0 Å². The maximum absolute atomic E-state index is 12.8. The van der Waals surface area contributed by atoms with Crippen LogP contribution < -0.4 is 9.46 Å². The quantitative estimate of drug-likeness (QED) is 0.389. The van der Waals surface area contributed by atoms with Gasteiger partial charge in [0, 0.05) is 5.56 Å². The lowest BCUT2D eigenvalue weighted by Gasteiger charge is -2.12. The van der Waals surface area contributed by atoms with Crippen molar-refractivity contribution in [3.05, 3.63) is 90.3 Å². The molecule has 1 aromatic heterocycles. The van der Waals surface area contributed by atoms with Crippen molar-refractivity contribution >= 4 is 21.7 Å². The molecule has 0 amide bonds. The fourth-order valence-electron chi connectivity index (χ4n) is 2.95. The Morgan fingerprint density at radius 3 is 2.55 bits per heavy atom. The lowest BCUT2D eigenvalue weighted by Crippen LogP contribution is -2.15.